The van der Waals surface area contributed by atoms with E-state index in [2.05, 4.69) is 19.8 Å². The summed E-state index contributed by atoms with van der Waals surface area (Å²) < 4.78 is 15.7. The molecule has 3 aliphatic heterocycles. The van der Waals surface area contributed by atoms with Gasteiger partial charge in [-0.1, -0.05) is 6.07 Å². The molecule has 0 unspecified atom stereocenters. The summed E-state index contributed by atoms with van der Waals surface area (Å²) in [5, 5.41) is 11.0. The number of likely N-dealkylation sites (tertiary alicyclic amines) is 1. The number of methoxy groups -OCH3 is 2. The highest BCUT2D eigenvalue weighted by atomic mass is 16.5. The average Bonchev–Trinajstić information content (AvgIpc) is 3.45. The number of fused-ring (bicyclic) bond motifs is 1. The van der Waals surface area contributed by atoms with E-state index in [9.17, 15) is 9.90 Å². The minimum absolute atomic E-state index is 0.258. The zero-order valence-corrected chi connectivity index (χ0v) is 20.0. The smallest absolute Gasteiger partial charge is 0.338 e. The van der Waals surface area contributed by atoms with Crippen LogP contribution in [0.25, 0.3) is 0 Å². The number of esters is 1. The average molecular weight is 469 g/mol. The van der Waals surface area contributed by atoms with Crippen LogP contribution < -0.4 is 14.4 Å². The monoisotopic (exact) mass is 468 g/mol. The van der Waals surface area contributed by atoms with Gasteiger partial charge in [0.15, 0.2) is 0 Å². The number of ether oxygens (including phenoxy) is 3. The summed E-state index contributed by atoms with van der Waals surface area (Å²) in [6.07, 6.45) is 2.70. The summed E-state index contributed by atoms with van der Waals surface area (Å²) in [4.78, 5) is 25.2. The Morgan fingerprint density at radius 1 is 1.15 bits per heavy atom. The van der Waals surface area contributed by atoms with Crippen molar-refractivity contribution < 1.29 is 24.1 Å². The lowest BCUT2D eigenvalue weighted by Crippen LogP contribution is -2.43. The Labute approximate surface area is 199 Å². The molecule has 3 aliphatic rings. The van der Waals surface area contributed by atoms with Gasteiger partial charge in [-0.2, -0.15) is 9.97 Å². The van der Waals surface area contributed by atoms with Gasteiger partial charge < -0.3 is 29.1 Å². The predicted molar refractivity (Wildman–Crippen MR) is 125 cm³/mol. The van der Waals surface area contributed by atoms with E-state index in [0.29, 0.717) is 30.6 Å². The lowest BCUT2D eigenvalue weighted by atomic mass is 9.77. The molecular formula is C25H32N4O5. The number of hydrogen-bond donors (Lipinski definition) is 1. The standard InChI is InChI=1S/C25H32N4O5/c1-16-17(4-5-18-19(16)14-34-23(18)31)20(30)13-28-9-6-25(7-10-28)8-11-29(15-25)21-12-22(32-2)27-24(26-21)33-3/h4-5,12,20,30H,6-11,13-15H2,1-3H3/t20-/m0/s1. The topological polar surface area (TPSA) is 97.2 Å². The van der Waals surface area contributed by atoms with Crippen LogP contribution in [0, 0.1) is 12.3 Å². The van der Waals surface area contributed by atoms with Crippen molar-refractivity contribution in [2.75, 3.05) is 51.8 Å². The van der Waals surface area contributed by atoms with Gasteiger partial charge in [0.1, 0.15) is 12.4 Å². The van der Waals surface area contributed by atoms with Crippen LogP contribution >= 0.6 is 0 Å². The summed E-state index contributed by atoms with van der Waals surface area (Å²) in [5.74, 6) is 1.07. The van der Waals surface area contributed by atoms with Crippen molar-refractivity contribution in [2.24, 2.45) is 5.41 Å². The molecule has 1 N–H and O–H groups in total. The normalized spacial score (nSPS) is 20.4. The van der Waals surface area contributed by atoms with E-state index in [1.54, 1.807) is 20.3 Å². The van der Waals surface area contributed by atoms with Gasteiger partial charge in [0.05, 0.1) is 25.9 Å². The number of nitrogens with zero attached hydrogens (tertiary/aromatic N) is 4. The van der Waals surface area contributed by atoms with Crippen LogP contribution in [0.4, 0.5) is 5.82 Å². The summed E-state index contributed by atoms with van der Waals surface area (Å²) in [5.41, 5.74) is 3.64. The lowest BCUT2D eigenvalue weighted by molar-refractivity contribution is 0.0534. The molecule has 2 aromatic rings. The fourth-order valence-electron chi connectivity index (χ4n) is 5.57. The van der Waals surface area contributed by atoms with E-state index >= 15 is 0 Å². The molecule has 1 spiro atoms. The van der Waals surface area contributed by atoms with Gasteiger partial charge in [0.2, 0.25) is 5.88 Å². The number of aromatic nitrogens is 2. The second kappa shape index (κ2) is 9.03. The quantitative estimate of drug-likeness (QED) is 0.641. The van der Waals surface area contributed by atoms with Gasteiger partial charge in [0, 0.05) is 31.3 Å². The maximum absolute atomic E-state index is 11.8. The zero-order chi connectivity index (χ0) is 23.9. The number of piperidine rings is 1. The lowest BCUT2D eigenvalue weighted by Gasteiger charge is -2.40. The number of aliphatic hydroxyl groups excluding tert-OH is 1. The highest BCUT2D eigenvalue weighted by Crippen LogP contribution is 2.42. The van der Waals surface area contributed by atoms with E-state index in [1.807, 2.05) is 19.1 Å². The molecule has 2 saturated heterocycles. The Bertz CT molecular complexity index is 1060. The maximum Gasteiger partial charge on any atom is 0.338 e. The largest absolute Gasteiger partial charge is 0.481 e. The first-order chi connectivity index (χ1) is 16.4. The number of β-amino-alcohol motifs (C(OH)–C–C–N with tert-alkyl or cyclic N) is 1. The summed E-state index contributed by atoms with van der Waals surface area (Å²) in [6, 6.07) is 5.84. The van der Waals surface area contributed by atoms with Gasteiger partial charge in [-0.25, -0.2) is 4.79 Å². The third kappa shape index (κ3) is 4.18. The van der Waals surface area contributed by atoms with Crippen LogP contribution in [0.2, 0.25) is 0 Å². The van der Waals surface area contributed by atoms with Crippen molar-refractivity contribution in [3.8, 4) is 11.9 Å². The number of benzene rings is 1. The number of carbonyl (C=O) groups is 1. The number of anilines is 1. The minimum atomic E-state index is -0.587. The zero-order valence-electron chi connectivity index (χ0n) is 20.0. The van der Waals surface area contributed by atoms with E-state index in [0.717, 1.165) is 67.9 Å². The minimum Gasteiger partial charge on any atom is -0.481 e. The Balaban J connectivity index is 1.20. The molecule has 0 radical (unpaired) electrons. The van der Waals surface area contributed by atoms with E-state index < -0.39 is 6.10 Å². The highest BCUT2D eigenvalue weighted by Gasteiger charge is 2.41. The molecule has 9 nitrogen and oxygen atoms in total. The summed E-state index contributed by atoms with van der Waals surface area (Å²) in [7, 11) is 3.16. The second-order valence-electron chi connectivity index (χ2n) is 9.63. The first-order valence-corrected chi connectivity index (χ1v) is 11.8. The van der Waals surface area contributed by atoms with E-state index in [-0.39, 0.29) is 11.4 Å². The first-order valence-electron chi connectivity index (χ1n) is 11.8. The summed E-state index contributed by atoms with van der Waals surface area (Å²) in [6.45, 7) is 6.65. The van der Waals surface area contributed by atoms with Crippen LogP contribution in [0.3, 0.4) is 0 Å². The number of rotatable bonds is 6. The first kappa shape index (κ1) is 22.9. The van der Waals surface area contributed by atoms with Crippen molar-refractivity contribution in [2.45, 2.75) is 38.9 Å². The van der Waals surface area contributed by atoms with E-state index in [4.69, 9.17) is 14.2 Å². The Hall–Kier alpha value is -2.91. The Morgan fingerprint density at radius 2 is 1.91 bits per heavy atom. The SMILES string of the molecule is COc1cc(N2CCC3(CCN(C[C@H](O)c4ccc5c(c4C)COC5=O)CC3)C2)nc(OC)n1. The van der Waals surface area contributed by atoms with Gasteiger partial charge >= 0.3 is 12.0 Å². The van der Waals surface area contributed by atoms with Crippen molar-refractivity contribution in [3.05, 3.63) is 40.5 Å². The third-order valence-electron chi connectivity index (χ3n) is 7.74. The summed E-state index contributed by atoms with van der Waals surface area (Å²) >= 11 is 0. The van der Waals surface area contributed by atoms with Gasteiger partial charge in [-0.3, -0.25) is 0 Å². The third-order valence-corrected chi connectivity index (χ3v) is 7.74. The number of carbonyl (C=O) groups excluding carboxylic acids is 1. The second-order valence-corrected chi connectivity index (χ2v) is 9.63. The van der Waals surface area contributed by atoms with Crippen LogP contribution in [0.15, 0.2) is 18.2 Å². The molecule has 0 bridgehead atoms. The van der Waals surface area contributed by atoms with Gasteiger partial charge in [-0.15, -0.1) is 0 Å². The fraction of sp³-hybridized carbons (Fsp3) is 0.560. The molecule has 182 valence electrons. The van der Waals surface area contributed by atoms with Gasteiger partial charge in [0.25, 0.3) is 0 Å². The van der Waals surface area contributed by atoms with E-state index in [1.165, 1.54) is 0 Å². The van der Waals surface area contributed by atoms with Crippen molar-refractivity contribution in [3.63, 3.8) is 0 Å². The van der Waals surface area contributed by atoms with Crippen LogP contribution in [-0.4, -0.2) is 72.9 Å². The number of cyclic esters (lactones) is 1. The molecule has 4 heterocycles. The van der Waals surface area contributed by atoms with Crippen LogP contribution in [0.1, 0.15) is 52.4 Å². The maximum atomic E-state index is 11.8. The molecule has 5 rings (SSSR count). The fourth-order valence-corrected chi connectivity index (χ4v) is 5.57. The van der Waals surface area contributed by atoms with Crippen molar-refractivity contribution in [1.29, 1.82) is 0 Å². The molecule has 0 amide bonds. The van der Waals surface area contributed by atoms with Crippen molar-refractivity contribution in [1.82, 2.24) is 14.9 Å². The molecule has 34 heavy (non-hydrogen) atoms. The molecule has 1 aromatic heterocycles. The number of hydrogen-bond acceptors (Lipinski definition) is 9. The van der Waals surface area contributed by atoms with Crippen LogP contribution in [0.5, 0.6) is 11.9 Å². The molecule has 0 saturated carbocycles. The van der Waals surface area contributed by atoms with Crippen molar-refractivity contribution >= 4 is 11.8 Å². The molecule has 9 heteroatoms. The van der Waals surface area contributed by atoms with Gasteiger partial charge in [-0.05, 0) is 61.9 Å². The molecule has 2 fully saturated rings. The Kier molecular flexibility index (Phi) is 6.07. The molecular weight excluding hydrogens is 436 g/mol. The number of aliphatic hydroxyl groups is 1. The molecule has 1 atom stereocenters. The Morgan fingerprint density at radius 3 is 2.65 bits per heavy atom. The highest BCUT2D eigenvalue weighted by molar-refractivity contribution is 5.93. The predicted octanol–water partition coefficient (Wildman–Crippen LogP) is 2.50. The van der Waals surface area contributed by atoms with Crippen LogP contribution in [-0.2, 0) is 11.3 Å². The molecule has 1 aromatic carbocycles. The molecule has 0 aliphatic carbocycles.